The molecule has 3 rings (SSSR count). The summed E-state index contributed by atoms with van der Waals surface area (Å²) in [4.78, 5) is 16.0. The monoisotopic (exact) mass is 280 g/mol. The Bertz CT molecular complexity index is 808. The van der Waals surface area contributed by atoms with Crippen molar-refractivity contribution >= 4 is 22.6 Å². The van der Waals surface area contributed by atoms with Crippen LogP contribution >= 0.6 is 0 Å². The number of hydrogen-bond acceptors (Lipinski definition) is 4. The number of rotatable bonds is 4. The Labute approximate surface area is 121 Å². The summed E-state index contributed by atoms with van der Waals surface area (Å²) in [5.74, 6) is 1.52. The molecular weight excluding hydrogens is 266 g/mol. The van der Waals surface area contributed by atoms with Crippen LogP contribution in [0.5, 0.6) is 0 Å². The average Bonchev–Trinajstić information content (AvgIpc) is 2.89. The highest BCUT2D eigenvalue weighted by Gasteiger charge is 2.12. The van der Waals surface area contributed by atoms with Gasteiger partial charge in [-0.15, -0.1) is 0 Å². The van der Waals surface area contributed by atoms with Crippen LogP contribution in [0.3, 0.4) is 0 Å². The van der Waals surface area contributed by atoms with E-state index in [1.807, 2.05) is 31.2 Å². The zero-order valence-electron chi connectivity index (χ0n) is 11.5. The van der Waals surface area contributed by atoms with Gasteiger partial charge >= 0.3 is 0 Å². The highest BCUT2D eigenvalue weighted by molar-refractivity contribution is 6.01. The van der Waals surface area contributed by atoms with Crippen LogP contribution in [-0.4, -0.2) is 10.9 Å². The molecule has 0 aliphatic rings. The predicted octanol–water partition coefficient (Wildman–Crippen LogP) is 2.65. The van der Waals surface area contributed by atoms with E-state index in [4.69, 9.17) is 10.2 Å². The molecule has 0 saturated heterocycles. The molecule has 0 unspecified atom stereocenters. The van der Waals surface area contributed by atoms with Gasteiger partial charge in [-0.05, 0) is 37.3 Å². The smallest absolute Gasteiger partial charge is 0.252 e. The number of pyridine rings is 1. The Hall–Kier alpha value is -2.82. The van der Waals surface area contributed by atoms with E-state index in [9.17, 15) is 4.79 Å². The van der Waals surface area contributed by atoms with Gasteiger partial charge < -0.3 is 15.5 Å². The van der Waals surface area contributed by atoms with E-state index >= 15 is 0 Å². The molecule has 2 aromatic heterocycles. The van der Waals surface area contributed by atoms with Crippen molar-refractivity contribution in [2.45, 2.75) is 13.5 Å². The fourth-order valence-corrected chi connectivity index (χ4v) is 2.12. The fraction of sp³-hybridized carbons (Fsp3) is 0.125. The molecule has 1 aromatic carbocycles. The fourth-order valence-electron chi connectivity index (χ4n) is 2.12. The van der Waals surface area contributed by atoms with Crippen LogP contribution < -0.4 is 11.1 Å². The van der Waals surface area contributed by atoms with Crippen LogP contribution in [0.15, 0.2) is 40.8 Å². The Morgan fingerprint density at radius 2 is 2.29 bits per heavy atom. The molecule has 0 saturated carbocycles. The van der Waals surface area contributed by atoms with Gasteiger partial charge in [-0.1, -0.05) is 12.1 Å². The molecule has 5 heteroatoms. The summed E-state index contributed by atoms with van der Waals surface area (Å²) in [6, 6.07) is 14.0. The van der Waals surface area contributed by atoms with Gasteiger partial charge in [0.1, 0.15) is 17.3 Å². The van der Waals surface area contributed by atoms with Crippen molar-refractivity contribution in [1.82, 2.24) is 4.98 Å². The third kappa shape index (κ3) is 2.72. The third-order valence-corrected chi connectivity index (χ3v) is 3.13. The number of nitrogens with zero attached hydrogens (tertiary/aromatic N) is 1. The Morgan fingerprint density at radius 3 is 3.00 bits per heavy atom. The van der Waals surface area contributed by atoms with Crippen molar-refractivity contribution in [2.24, 2.45) is 5.73 Å². The molecule has 1 radical (unpaired) electrons. The molecule has 2 heterocycles. The minimum absolute atomic E-state index is 0.341. The summed E-state index contributed by atoms with van der Waals surface area (Å²) >= 11 is 0. The molecule has 0 aliphatic carbocycles. The topological polar surface area (TPSA) is 81.1 Å². The Morgan fingerprint density at radius 1 is 1.43 bits per heavy atom. The number of aryl methyl sites for hydroxylation is 1. The van der Waals surface area contributed by atoms with Crippen LogP contribution in [-0.2, 0) is 6.54 Å². The number of aromatic nitrogens is 1. The van der Waals surface area contributed by atoms with Gasteiger partial charge in [-0.2, -0.15) is 0 Å². The van der Waals surface area contributed by atoms with E-state index in [0.717, 1.165) is 22.4 Å². The highest BCUT2D eigenvalue weighted by atomic mass is 16.3. The second-order valence-electron chi connectivity index (χ2n) is 4.72. The molecule has 0 atom stereocenters. The summed E-state index contributed by atoms with van der Waals surface area (Å²) in [5.41, 5.74) is 6.51. The van der Waals surface area contributed by atoms with Crippen molar-refractivity contribution < 1.29 is 9.21 Å². The number of primary amides is 1. The molecular formula is C16H14N3O2. The molecule has 0 spiro atoms. The van der Waals surface area contributed by atoms with E-state index in [0.29, 0.717) is 17.9 Å². The van der Waals surface area contributed by atoms with Gasteiger partial charge in [0, 0.05) is 5.39 Å². The predicted molar refractivity (Wildman–Crippen MR) is 79.9 cm³/mol. The average molecular weight is 280 g/mol. The zero-order valence-corrected chi connectivity index (χ0v) is 11.5. The summed E-state index contributed by atoms with van der Waals surface area (Å²) in [6.07, 6.45) is 0. The number of nitrogens with two attached hydrogens (primary N) is 1. The molecule has 1 amide bonds. The number of carbonyl (C=O) groups excluding carboxylic acids is 1. The Balaban J connectivity index is 1.95. The number of fused-ring (bicyclic) bond motifs is 1. The van der Waals surface area contributed by atoms with Crippen molar-refractivity contribution in [3.05, 3.63) is 59.5 Å². The summed E-state index contributed by atoms with van der Waals surface area (Å²) < 4.78 is 5.48. The lowest BCUT2D eigenvalue weighted by atomic mass is 10.1. The highest BCUT2D eigenvalue weighted by Crippen LogP contribution is 2.20. The first-order chi connectivity index (χ1) is 10.1. The van der Waals surface area contributed by atoms with Crippen LogP contribution in [0.4, 0.5) is 5.82 Å². The molecule has 5 nitrogen and oxygen atoms in total. The molecule has 3 aromatic rings. The first kappa shape index (κ1) is 13.2. The quantitative estimate of drug-likeness (QED) is 0.769. The molecule has 21 heavy (non-hydrogen) atoms. The lowest BCUT2D eigenvalue weighted by molar-refractivity contribution is 0.100. The number of nitrogens with one attached hydrogen (secondary N) is 1. The first-order valence-corrected chi connectivity index (χ1v) is 6.54. The summed E-state index contributed by atoms with van der Waals surface area (Å²) in [7, 11) is 0. The van der Waals surface area contributed by atoms with Crippen LogP contribution in [0.1, 0.15) is 21.9 Å². The number of anilines is 1. The van der Waals surface area contributed by atoms with Gasteiger partial charge in [-0.25, -0.2) is 4.98 Å². The maximum absolute atomic E-state index is 11.6. The van der Waals surface area contributed by atoms with E-state index < -0.39 is 5.91 Å². The first-order valence-electron chi connectivity index (χ1n) is 6.54. The van der Waals surface area contributed by atoms with Crippen LogP contribution in [0, 0.1) is 13.0 Å². The van der Waals surface area contributed by atoms with Crippen molar-refractivity contribution in [3.63, 3.8) is 0 Å². The van der Waals surface area contributed by atoms with Crippen molar-refractivity contribution in [3.8, 4) is 0 Å². The number of furan rings is 1. The SMILES string of the molecule is Cc1ccc(CNc2nc3ccc[c]c3cc2C(N)=O)o1. The molecule has 0 fully saturated rings. The van der Waals surface area contributed by atoms with Crippen LogP contribution in [0.25, 0.3) is 10.9 Å². The van der Waals surface area contributed by atoms with Gasteiger partial charge in [0.2, 0.25) is 0 Å². The zero-order chi connectivity index (χ0) is 14.8. The van der Waals surface area contributed by atoms with Gasteiger partial charge in [0.15, 0.2) is 0 Å². The lowest BCUT2D eigenvalue weighted by Crippen LogP contribution is -2.15. The molecule has 3 N–H and O–H groups in total. The second kappa shape index (κ2) is 5.28. The van der Waals surface area contributed by atoms with E-state index in [1.54, 1.807) is 12.1 Å². The third-order valence-electron chi connectivity index (χ3n) is 3.13. The number of hydrogen-bond donors (Lipinski definition) is 2. The second-order valence-corrected chi connectivity index (χ2v) is 4.72. The van der Waals surface area contributed by atoms with E-state index in [-0.39, 0.29) is 0 Å². The van der Waals surface area contributed by atoms with Crippen LogP contribution in [0.2, 0.25) is 0 Å². The van der Waals surface area contributed by atoms with E-state index in [1.165, 1.54) is 0 Å². The maximum atomic E-state index is 11.6. The minimum Gasteiger partial charge on any atom is -0.465 e. The van der Waals surface area contributed by atoms with Gasteiger partial charge in [0.05, 0.1) is 17.6 Å². The normalized spacial score (nSPS) is 10.7. The van der Waals surface area contributed by atoms with Crippen molar-refractivity contribution in [2.75, 3.05) is 5.32 Å². The Kier molecular flexibility index (Phi) is 3.31. The van der Waals surface area contributed by atoms with Crippen molar-refractivity contribution in [1.29, 1.82) is 0 Å². The number of amides is 1. The van der Waals surface area contributed by atoms with Gasteiger partial charge in [0.25, 0.3) is 5.91 Å². The van der Waals surface area contributed by atoms with Gasteiger partial charge in [-0.3, -0.25) is 4.79 Å². The number of carbonyl (C=O) groups is 1. The van der Waals surface area contributed by atoms with E-state index in [2.05, 4.69) is 16.4 Å². The molecule has 105 valence electrons. The summed E-state index contributed by atoms with van der Waals surface area (Å²) in [5, 5.41) is 3.85. The number of benzene rings is 1. The molecule has 0 bridgehead atoms. The molecule has 0 aliphatic heterocycles. The lowest BCUT2D eigenvalue weighted by Gasteiger charge is -2.09. The maximum Gasteiger partial charge on any atom is 0.252 e. The largest absolute Gasteiger partial charge is 0.465 e. The standard InChI is InChI=1S/C16H14N3O2/c1-10-6-7-12(21-10)9-18-16-13(15(17)20)8-11-4-2-3-5-14(11)19-16/h2-3,5-8H,9H2,1H3,(H2,17,20)(H,18,19). The minimum atomic E-state index is -0.528. The summed E-state index contributed by atoms with van der Waals surface area (Å²) in [6.45, 7) is 2.31.